The van der Waals surface area contributed by atoms with Gasteiger partial charge in [-0.25, -0.2) is 4.39 Å². The number of amides is 1. The van der Waals surface area contributed by atoms with Crippen molar-refractivity contribution in [3.8, 4) is 0 Å². The molecule has 2 N–H and O–H groups in total. The monoisotopic (exact) mass is 294 g/mol. The third-order valence-corrected chi connectivity index (χ3v) is 2.79. The van der Waals surface area contributed by atoms with Gasteiger partial charge in [-0.05, 0) is 19.4 Å². The van der Waals surface area contributed by atoms with Crippen molar-refractivity contribution in [2.45, 2.75) is 19.9 Å². The van der Waals surface area contributed by atoms with Crippen LogP contribution in [0, 0.1) is 22.9 Å². The van der Waals surface area contributed by atoms with Crippen molar-refractivity contribution in [2.75, 3.05) is 0 Å². The van der Waals surface area contributed by atoms with Crippen LogP contribution in [0.4, 0.5) is 10.1 Å². The van der Waals surface area contributed by atoms with Crippen LogP contribution in [0.3, 0.4) is 0 Å². The van der Waals surface area contributed by atoms with Gasteiger partial charge in [-0.15, -0.1) is 10.2 Å². The first-order valence-corrected chi connectivity index (χ1v) is 5.89. The van der Waals surface area contributed by atoms with Gasteiger partial charge >= 0.3 is 0 Å². The Kier molecular flexibility index (Phi) is 3.87. The summed E-state index contributed by atoms with van der Waals surface area (Å²) in [4.78, 5) is 22.1. The molecule has 1 amide bonds. The predicted molar refractivity (Wildman–Crippen MR) is 67.9 cm³/mol. The first kappa shape index (κ1) is 14.5. The smallest absolute Gasteiger partial charge is 0.270 e. The van der Waals surface area contributed by atoms with E-state index in [-0.39, 0.29) is 17.1 Å². The molecule has 1 unspecified atom stereocenters. The summed E-state index contributed by atoms with van der Waals surface area (Å²) in [5, 5.41) is 26.1. The molecule has 0 aliphatic rings. The highest BCUT2D eigenvalue weighted by molar-refractivity contribution is 5.95. The minimum absolute atomic E-state index is 0.0153. The Morgan fingerprint density at radius 2 is 2.24 bits per heavy atom. The molecule has 0 bridgehead atoms. The zero-order chi connectivity index (χ0) is 15.6. The number of hydrogen-bond acceptors (Lipinski definition) is 6. The van der Waals surface area contributed by atoms with Crippen molar-refractivity contribution in [3.63, 3.8) is 0 Å². The van der Waals surface area contributed by atoms with E-state index in [2.05, 4.69) is 25.9 Å². The summed E-state index contributed by atoms with van der Waals surface area (Å²) in [6, 6.07) is 1.32. The van der Waals surface area contributed by atoms with Gasteiger partial charge in [-0.2, -0.15) is 5.21 Å². The molecular formula is C11H11FN6O3. The highest BCUT2D eigenvalue weighted by atomic mass is 19.1. The molecule has 0 radical (unpaired) electrons. The number of aryl methyl sites for hydroxylation is 1. The van der Waals surface area contributed by atoms with Crippen LogP contribution in [0.25, 0.3) is 0 Å². The first-order chi connectivity index (χ1) is 9.90. The van der Waals surface area contributed by atoms with E-state index >= 15 is 0 Å². The molecule has 1 aromatic heterocycles. The number of non-ortho nitro benzene ring substituents is 1. The Bertz CT molecular complexity index is 688. The second-order valence-corrected chi connectivity index (χ2v) is 4.35. The SMILES string of the molecule is Cc1cc([N+](=O)[O-])cc(C(=O)NC(C)c2nn[nH]n2)c1F. The number of nitro benzene ring substituents is 1. The van der Waals surface area contributed by atoms with Crippen LogP contribution < -0.4 is 5.32 Å². The van der Waals surface area contributed by atoms with Gasteiger partial charge in [-0.3, -0.25) is 14.9 Å². The topological polar surface area (TPSA) is 127 Å². The molecule has 110 valence electrons. The van der Waals surface area contributed by atoms with Crippen molar-refractivity contribution >= 4 is 11.6 Å². The standard InChI is InChI=1S/C11H11FN6O3/c1-5-3-7(18(20)21)4-8(9(5)12)11(19)13-6(2)10-14-16-17-15-10/h3-4,6H,1-2H3,(H,13,19)(H,14,15,16,17). The molecule has 1 atom stereocenters. The van der Waals surface area contributed by atoms with Crippen molar-refractivity contribution in [1.82, 2.24) is 25.9 Å². The van der Waals surface area contributed by atoms with Crippen molar-refractivity contribution in [3.05, 3.63) is 45.0 Å². The van der Waals surface area contributed by atoms with E-state index in [0.717, 1.165) is 12.1 Å². The Hall–Kier alpha value is -2.91. The number of H-pyrrole nitrogens is 1. The van der Waals surface area contributed by atoms with Gasteiger partial charge in [0, 0.05) is 12.1 Å². The molecular weight excluding hydrogens is 283 g/mol. The van der Waals surface area contributed by atoms with Crippen LogP contribution in [0.5, 0.6) is 0 Å². The van der Waals surface area contributed by atoms with Crippen LogP contribution in [0.15, 0.2) is 12.1 Å². The number of rotatable bonds is 4. The Balaban J connectivity index is 2.28. The number of nitro groups is 1. The number of carbonyl (C=O) groups excluding carboxylic acids is 1. The third kappa shape index (κ3) is 2.99. The summed E-state index contributed by atoms with van der Waals surface area (Å²) in [7, 11) is 0. The van der Waals surface area contributed by atoms with E-state index in [0.29, 0.717) is 0 Å². The minimum atomic E-state index is -0.807. The normalized spacial score (nSPS) is 12.0. The molecule has 10 heteroatoms. The average molecular weight is 294 g/mol. The van der Waals surface area contributed by atoms with Crippen LogP contribution in [-0.2, 0) is 0 Å². The van der Waals surface area contributed by atoms with Gasteiger partial charge in [0.1, 0.15) is 5.82 Å². The second-order valence-electron chi connectivity index (χ2n) is 4.35. The quantitative estimate of drug-likeness (QED) is 0.641. The molecule has 9 nitrogen and oxygen atoms in total. The number of hydrogen-bond donors (Lipinski definition) is 2. The Morgan fingerprint density at radius 3 is 2.81 bits per heavy atom. The number of aromatic amines is 1. The van der Waals surface area contributed by atoms with E-state index in [1.54, 1.807) is 6.92 Å². The zero-order valence-corrected chi connectivity index (χ0v) is 11.1. The first-order valence-electron chi connectivity index (χ1n) is 5.89. The minimum Gasteiger partial charge on any atom is -0.342 e. The molecule has 2 rings (SSSR count). The van der Waals surface area contributed by atoms with Crippen LogP contribution in [0.1, 0.15) is 34.7 Å². The third-order valence-electron chi connectivity index (χ3n) is 2.79. The van der Waals surface area contributed by atoms with E-state index in [4.69, 9.17) is 0 Å². The van der Waals surface area contributed by atoms with Gasteiger partial charge in [-0.1, -0.05) is 5.21 Å². The molecule has 1 heterocycles. The summed E-state index contributed by atoms with van der Waals surface area (Å²) < 4.78 is 14.0. The summed E-state index contributed by atoms with van der Waals surface area (Å²) in [5.74, 6) is -1.39. The summed E-state index contributed by atoms with van der Waals surface area (Å²) in [5.41, 5.74) is -0.745. The fourth-order valence-electron chi connectivity index (χ4n) is 1.71. The number of tetrazole rings is 1. The van der Waals surface area contributed by atoms with Crippen LogP contribution >= 0.6 is 0 Å². The van der Waals surface area contributed by atoms with Gasteiger partial charge in [0.2, 0.25) is 0 Å². The van der Waals surface area contributed by atoms with Gasteiger partial charge < -0.3 is 5.32 Å². The number of nitrogens with one attached hydrogen (secondary N) is 2. The second kappa shape index (κ2) is 5.61. The average Bonchev–Trinajstić information content (AvgIpc) is 2.95. The van der Waals surface area contributed by atoms with Crippen LogP contribution in [0.2, 0.25) is 0 Å². The van der Waals surface area contributed by atoms with Gasteiger partial charge in [0.15, 0.2) is 5.82 Å². The van der Waals surface area contributed by atoms with Gasteiger partial charge in [0.25, 0.3) is 11.6 Å². The van der Waals surface area contributed by atoms with E-state index in [9.17, 15) is 19.3 Å². The lowest BCUT2D eigenvalue weighted by molar-refractivity contribution is -0.385. The number of halogens is 1. The van der Waals surface area contributed by atoms with Crippen molar-refractivity contribution < 1.29 is 14.1 Å². The summed E-state index contributed by atoms with van der Waals surface area (Å²) >= 11 is 0. The fourth-order valence-corrected chi connectivity index (χ4v) is 1.71. The molecule has 0 spiro atoms. The molecule has 0 fully saturated rings. The lowest BCUT2D eigenvalue weighted by Gasteiger charge is -2.11. The number of nitrogens with zero attached hydrogens (tertiary/aromatic N) is 4. The maximum absolute atomic E-state index is 14.0. The highest BCUT2D eigenvalue weighted by Gasteiger charge is 2.22. The van der Waals surface area contributed by atoms with Crippen LogP contribution in [-0.4, -0.2) is 31.5 Å². The predicted octanol–water partition coefficient (Wildman–Crippen LogP) is 1.05. The lowest BCUT2D eigenvalue weighted by Crippen LogP contribution is -2.28. The molecule has 0 saturated carbocycles. The maximum atomic E-state index is 14.0. The number of benzene rings is 1. The molecule has 2 aromatic rings. The van der Waals surface area contributed by atoms with Crippen molar-refractivity contribution in [2.24, 2.45) is 0 Å². The highest BCUT2D eigenvalue weighted by Crippen LogP contribution is 2.21. The van der Waals surface area contributed by atoms with E-state index in [1.165, 1.54) is 6.92 Å². The lowest BCUT2D eigenvalue weighted by atomic mass is 10.1. The fraction of sp³-hybridized carbons (Fsp3) is 0.273. The van der Waals surface area contributed by atoms with E-state index in [1.807, 2.05) is 0 Å². The number of carbonyl (C=O) groups is 1. The maximum Gasteiger partial charge on any atom is 0.270 e. The number of aromatic nitrogens is 4. The molecule has 21 heavy (non-hydrogen) atoms. The molecule has 0 aliphatic heterocycles. The molecule has 0 aliphatic carbocycles. The summed E-state index contributed by atoms with van der Waals surface area (Å²) in [6.07, 6.45) is 0. The van der Waals surface area contributed by atoms with Gasteiger partial charge in [0.05, 0.1) is 16.5 Å². The zero-order valence-electron chi connectivity index (χ0n) is 11.1. The Labute approximate surface area is 117 Å². The van der Waals surface area contributed by atoms with Crippen molar-refractivity contribution in [1.29, 1.82) is 0 Å². The molecule has 0 saturated heterocycles. The largest absolute Gasteiger partial charge is 0.342 e. The Morgan fingerprint density at radius 1 is 1.52 bits per heavy atom. The van der Waals surface area contributed by atoms with E-state index < -0.39 is 28.3 Å². The summed E-state index contributed by atoms with van der Waals surface area (Å²) in [6.45, 7) is 2.92. The molecule has 1 aromatic carbocycles.